The first-order valence-electron chi connectivity index (χ1n) is 8.61. The van der Waals surface area contributed by atoms with Crippen LogP contribution in [0.3, 0.4) is 0 Å². The van der Waals surface area contributed by atoms with Gasteiger partial charge in [-0.15, -0.1) is 0 Å². The van der Waals surface area contributed by atoms with Crippen LogP contribution in [-0.2, 0) is 14.2 Å². The lowest BCUT2D eigenvalue weighted by molar-refractivity contribution is -0.210. The highest BCUT2D eigenvalue weighted by molar-refractivity contribution is 5.23. The van der Waals surface area contributed by atoms with E-state index in [2.05, 4.69) is 5.32 Å². The Morgan fingerprint density at radius 1 is 1.13 bits per heavy atom. The maximum Gasteiger partial charge on any atom is 0.173 e. The molecule has 0 amide bonds. The van der Waals surface area contributed by atoms with E-state index in [1.54, 1.807) is 12.1 Å². The van der Waals surface area contributed by atoms with Crippen LogP contribution in [0.2, 0.25) is 0 Å². The topological polar surface area (TPSA) is 39.7 Å². The molecule has 1 N–H and O–H groups in total. The second-order valence-corrected chi connectivity index (χ2v) is 6.90. The highest BCUT2D eigenvalue weighted by Gasteiger charge is 2.43. The van der Waals surface area contributed by atoms with Gasteiger partial charge in [0, 0.05) is 25.4 Å². The van der Waals surface area contributed by atoms with Crippen molar-refractivity contribution in [3.05, 3.63) is 35.6 Å². The van der Waals surface area contributed by atoms with Crippen LogP contribution in [0.1, 0.15) is 37.2 Å². The molecule has 3 fully saturated rings. The molecule has 2 heterocycles. The third-order valence-electron chi connectivity index (χ3n) is 5.28. The van der Waals surface area contributed by atoms with Crippen LogP contribution < -0.4 is 5.32 Å². The molecular formula is C18H24FNO3. The molecule has 4 rings (SSSR count). The first-order valence-corrected chi connectivity index (χ1v) is 8.61. The molecule has 2 saturated heterocycles. The maximum atomic E-state index is 12.9. The Labute approximate surface area is 136 Å². The SMILES string of the molecule is Fc1ccc(C2CC(NC[C@@H]3COC4(CCOCC4)O3)C2)cc1. The van der Waals surface area contributed by atoms with Gasteiger partial charge in [-0.3, -0.25) is 0 Å². The zero-order valence-corrected chi connectivity index (χ0v) is 13.3. The van der Waals surface area contributed by atoms with Crippen molar-refractivity contribution in [2.24, 2.45) is 0 Å². The van der Waals surface area contributed by atoms with Crippen molar-refractivity contribution in [2.75, 3.05) is 26.4 Å². The van der Waals surface area contributed by atoms with Crippen molar-refractivity contribution >= 4 is 0 Å². The first-order chi connectivity index (χ1) is 11.2. The number of halogens is 1. The molecule has 3 aliphatic rings. The number of ether oxygens (including phenoxy) is 3. The summed E-state index contributed by atoms with van der Waals surface area (Å²) < 4.78 is 30.4. The van der Waals surface area contributed by atoms with E-state index in [-0.39, 0.29) is 17.7 Å². The standard InChI is InChI=1S/C18H24FNO3/c19-15-3-1-13(2-4-15)14-9-16(10-14)20-11-17-12-22-18(23-17)5-7-21-8-6-18/h1-4,14,16-17,20H,5-12H2/t14?,16?,17-/m1/s1. The largest absolute Gasteiger partial charge is 0.381 e. The van der Waals surface area contributed by atoms with Crippen molar-refractivity contribution < 1.29 is 18.6 Å². The molecule has 0 bridgehead atoms. The first kappa shape index (κ1) is 15.5. The predicted molar refractivity (Wildman–Crippen MR) is 83.8 cm³/mol. The number of rotatable bonds is 4. The highest BCUT2D eigenvalue weighted by Crippen LogP contribution is 2.37. The molecule has 0 aromatic heterocycles. The molecule has 1 aromatic carbocycles. The predicted octanol–water partition coefficient (Wildman–Crippen LogP) is 2.58. The van der Waals surface area contributed by atoms with Crippen LogP contribution in [0.15, 0.2) is 24.3 Å². The Kier molecular flexibility index (Phi) is 4.37. The average Bonchev–Trinajstić information content (AvgIpc) is 2.91. The smallest absolute Gasteiger partial charge is 0.173 e. The average molecular weight is 321 g/mol. The van der Waals surface area contributed by atoms with Gasteiger partial charge in [0.1, 0.15) is 5.82 Å². The van der Waals surface area contributed by atoms with Crippen LogP contribution in [-0.4, -0.2) is 44.3 Å². The number of hydrogen-bond acceptors (Lipinski definition) is 4. The number of nitrogens with one attached hydrogen (secondary N) is 1. The quantitative estimate of drug-likeness (QED) is 0.925. The molecule has 1 aromatic rings. The van der Waals surface area contributed by atoms with Gasteiger partial charge in [0.25, 0.3) is 0 Å². The molecule has 2 aliphatic heterocycles. The zero-order valence-electron chi connectivity index (χ0n) is 13.3. The zero-order chi connectivity index (χ0) is 15.7. The normalized spacial score (nSPS) is 32.8. The molecule has 1 spiro atoms. The van der Waals surface area contributed by atoms with E-state index >= 15 is 0 Å². The van der Waals surface area contributed by atoms with E-state index in [0.29, 0.717) is 18.6 Å². The monoisotopic (exact) mass is 321 g/mol. The summed E-state index contributed by atoms with van der Waals surface area (Å²) in [7, 11) is 0. The second kappa shape index (κ2) is 6.48. The van der Waals surface area contributed by atoms with Gasteiger partial charge in [-0.2, -0.15) is 0 Å². The molecular weight excluding hydrogens is 297 g/mol. The second-order valence-electron chi connectivity index (χ2n) is 6.90. The van der Waals surface area contributed by atoms with E-state index in [1.807, 2.05) is 12.1 Å². The number of benzene rings is 1. The Bertz CT molecular complexity index is 524. The molecule has 1 saturated carbocycles. The summed E-state index contributed by atoms with van der Waals surface area (Å²) in [4.78, 5) is 0. The minimum Gasteiger partial charge on any atom is -0.381 e. The summed E-state index contributed by atoms with van der Waals surface area (Å²) in [6.07, 6.45) is 4.02. The summed E-state index contributed by atoms with van der Waals surface area (Å²) >= 11 is 0. The van der Waals surface area contributed by atoms with Crippen LogP contribution in [0.25, 0.3) is 0 Å². The van der Waals surface area contributed by atoms with Crippen molar-refractivity contribution in [2.45, 2.75) is 49.5 Å². The minimum atomic E-state index is -0.388. The van der Waals surface area contributed by atoms with Gasteiger partial charge in [0.2, 0.25) is 0 Å². The van der Waals surface area contributed by atoms with Crippen LogP contribution in [0, 0.1) is 5.82 Å². The minimum absolute atomic E-state index is 0.137. The van der Waals surface area contributed by atoms with Crippen molar-refractivity contribution in [1.29, 1.82) is 0 Å². The summed E-state index contributed by atoms with van der Waals surface area (Å²) in [5.74, 6) is -0.000210. The molecule has 0 radical (unpaired) electrons. The summed E-state index contributed by atoms with van der Waals surface area (Å²) in [5, 5.41) is 3.58. The lowest BCUT2D eigenvalue weighted by atomic mass is 9.76. The van der Waals surface area contributed by atoms with Gasteiger partial charge in [-0.05, 0) is 36.5 Å². The van der Waals surface area contributed by atoms with E-state index in [9.17, 15) is 4.39 Å². The molecule has 1 aliphatic carbocycles. The van der Waals surface area contributed by atoms with Crippen molar-refractivity contribution in [3.63, 3.8) is 0 Å². The van der Waals surface area contributed by atoms with Crippen LogP contribution in [0.5, 0.6) is 0 Å². The summed E-state index contributed by atoms with van der Waals surface area (Å²) in [6, 6.07) is 7.43. The van der Waals surface area contributed by atoms with E-state index < -0.39 is 0 Å². The molecule has 4 nitrogen and oxygen atoms in total. The van der Waals surface area contributed by atoms with Gasteiger partial charge < -0.3 is 19.5 Å². The van der Waals surface area contributed by atoms with Crippen molar-refractivity contribution in [3.8, 4) is 0 Å². The Hall–Kier alpha value is -1.01. The lowest BCUT2D eigenvalue weighted by Crippen LogP contribution is -2.44. The molecule has 0 unspecified atom stereocenters. The van der Waals surface area contributed by atoms with Gasteiger partial charge in [0.05, 0.1) is 25.9 Å². The fraction of sp³-hybridized carbons (Fsp3) is 0.667. The highest BCUT2D eigenvalue weighted by atomic mass is 19.1. The van der Waals surface area contributed by atoms with E-state index in [4.69, 9.17) is 14.2 Å². The lowest BCUT2D eigenvalue weighted by Gasteiger charge is -2.37. The van der Waals surface area contributed by atoms with Gasteiger partial charge in [-0.1, -0.05) is 12.1 Å². The van der Waals surface area contributed by atoms with Crippen molar-refractivity contribution in [1.82, 2.24) is 5.32 Å². The fourth-order valence-electron chi connectivity index (χ4n) is 3.75. The molecule has 5 heteroatoms. The molecule has 23 heavy (non-hydrogen) atoms. The Morgan fingerprint density at radius 3 is 2.61 bits per heavy atom. The van der Waals surface area contributed by atoms with Gasteiger partial charge in [-0.25, -0.2) is 4.39 Å². The summed E-state index contributed by atoms with van der Waals surface area (Å²) in [6.45, 7) is 2.95. The third kappa shape index (κ3) is 3.43. The molecule has 1 atom stereocenters. The Morgan fingerprint density at radius 2 is 1.87 bits per heavy atom. The maximum absolute atomic E-state index is 12.9. The van der Waals surface area contributed by atoms with E-state index in [1.165, 1.54) is 5.56 Å². The fourth-order valence-corrected chi connectivity index (χ4v) is 3.75. The van der Waals surface area contributed by atoms with Crippen LogP contribution >= 0.6 is 0 Å². The molecule has 126 valence electrons. The third-order valence-corrected chi connectivity index (χ3v) is 5.28. The van der Waals surface area contributed by atoms with Gasteiger partial charge in [0.15, 0.2) is 5.79 Å². The van der Waals surface area contributed by atoms with E-state index in [0.717, 1.165) is 45.4 Å². The Balaban J connectivity index is 1.19. The summed E-state index contributed by atoms with van der Waals surface area (Å²) in [5.41, 5.74) is 1.24. The number of hydrogen-bond donors (Lipinski definition) is 1. The van der Waals surface area contributed by atoms with Gasteiger partial charge >= 0.3 is 0 Å². The van der Waals surface area contributed by atoms with Crippen LogP contribution in [0.4, 0.5) is 4.39 Å².